The summed E-state index contributed by atoms with van der Waals surface area (Å²) in [5, 5.41) is 0. The van der Waals surface area contributed by atoms with Gasteiger partial charge in [-0.15, -0.1) is 0 Å². The van der Waals surface area contributed by atoms with Gasteiger partial charge >= 0.3 is 5.97 Å². The van der Waals surface area contributed by atoms with Crippen molar-refractivity contribution in [3.05, 3.63) is 35.9 Å². The Hall–Kier alpha value is -1.31. The Labute approximate surface area is 103 Å². The molecule has 0 unspecified atom stereocenters. The first-order valence-electron chi connectivity index (χ1n) is 6.29. The molecule has 0 aromatic heterocycles. The van der Waals surface area contributed by atoms with E-state index in [4.69, 9.17) is 4.74 Å². The van der Waals surface area contributed by atoms with Gasteiger partial charge in [-0.1, -0.05) is 37.3 Å². The maximum atomic E-state index is 12.1. The second-order valence-corrected chi connectivity index (χ2v) is 5.49. The SMILES string of the molecule is CCC(C)(C)C(=O)OC1(c2ccccc2)CC1. The molecule has 92 valence electrons. The first-order chi connectivity index (χ1) is 8.00. The van der Waals surface area contributed by atoms with Gasteiger partial charge in [-0.25, -0.2) is 0 Å². The monoisotopic (exact) mass is 232 g/mol. The molecule has 1 saturated carbocycles. The number of benzene rings is 1. The minimum absolute atomic E-state index is 0.0821. The number of carbonyl (C=O) groups excluding carboxylic acids is 1. The lowest BCUT2D eigenvalue weighted by molar-refractivity contribution is -0.162. The molecule has 0 heterocycles. The van der Waals surface area contributed by atoms with E-state index in [1.54, 1.807) is 0 Å². The van der Waals surface area contributed by atoms with Gasteiger partial charge < -0.3 is 4.74 Å². The summed E-state index contributed by atoms with van der Waals surface area (Å²) >= 11 is 0. The third-order valence-electron chi connectivity index (χ3n) is 3.73. The molecular weight excluding hydrogens is 212 g/mol. The van der Waals surface area contributed by atoms with Crippen LogP contribution in [-0.4, -0.2) is 5.97 Å². The highest BCUT2D eigenvalue weighted by Gasteiger charge is 2.50. The van der Waals surface area contributed by atoms with Crippen molar-refractivity contribution in [3.8, 4) is 0 Å². The Balaban J connectivity index is 2.12. The number of hydrogen-bond acceptors (Lipinski definition) is 2. The van der Waals surface area contributed by atoms with Gasteiger partial charge in [-0.3, -0.25) is 4.79 Å². The molecule has 0 amide bonds. The lowest BCUT2D eigenvalue weighted by Gasteiger charge is -2.25. The predicted octanol–water partition coefficient (Wildman–Crippen LogP) is 3.66. The van der Waals surface area contributed by atoms with Crippen molar-refractivity contribution in [3.63, 3.8) is 0 Å². The molecule has 1 fully saturated rings. The minimum Gasteiger partial charge on any atom is -0.454 e. The fourth-order valence-corrected chi connectivity index (χ4v) is 1.77. The largest absolute Gasteiger partial charge is 0.454 e. The molecule has 0 radical (unpaired) electrons. The van der Waals surface area contributed by atoms with E-state index in [9.17, 15) is 4.79 Å². The van der Waals surface area contributed by atoms with Gasteiger partial charge in [0.1, 0.15) is 5.60 Å². The van der Waals surface area contributed by atoms with Crippen LogP contribution >= 0.6 is 0 Å². The van der Waals surface area contributed by atoms with Crippen LogP contribution in [0.15, 0.2) is 30.3 Å². The van der Waals surface area contributed by atoms with Gasteiger partial charge in [0.15, 0.2) is 0 Å². The van der Waals surface area contributed by atoms with Crippen molar-refractivity contribution in [1.29, 1.82) is 0 Å². The molecule has 0 aliphatic heterocycles. The Morgan fingerprint density at radius 2 is 1.88 bits per heavy atom. The second-order valence-electron chi connectivity index (χ2n) is 5.49. The number of hydrogen-bond donors (Lipinski definition) is 0. The maximum Gasteiger partial charge on any atom is 0.312 e. The third kappa shape index (κ3) is 2.36. The smallest absolute Gasteiger partial charge is 0.312 e. The predicted molar refractivity (Wildman–Crippen MR) is 67.5 cm³/mol. The summed E-state index contributed by atoms with van der Waals surface area (Å²) in [6.45, 7) is 5.90. The quantitative estimate of drug-likeness (QED) is 0.741. The summed E-state index contributed by atoms with van der Waals surface area (Å²) in [4.78, 5) is 12.1. The normalized spacial score (nSPS) is 17.6. The summed E-state index contributed by atoms with van der Waals surface area (Å²) in [5.74, 6) is -0.0821. The molecule has 1 aliphatic rings. The van der Waals surface area contributed by atoms with E-state index in [0.29, 0.717) is 0 Å². The fourth-order valence-electron chi connectivity index (χ4n) is 1.77. The molecule has 2 rings (SSSR count). The van der Waals surface area contributed by atoms with Gasteiger partial charge in [-0.05, 0) is 38.7 Å². The molecule has 0 bridgehead atoms. The molecule has 0 N–H and O–H groups in total. The summed E-state index contributed by atoms with van der Waals surface area (Å²) in [6, 6.07) is 10.1. The second kappa shape index (κ2) is 4.17. The summed E-state index contributed by atoms with van der Waals surface area (Å²) < 4.78 is 5.75. The number of carbonyl (C=O) groups is 1. The summed E-state index contributed by atoms with van der Waals surface area (Å²) in [5.41, 5.74) is 0.412. The molecule has 0 atom stereocenters. The maximum absolute atomic E-state index is 12.1. The van der Waals surface area contributed by atoms with Crippen LogP contribution in [-0.2, 0) is 15.1 Å². The van der Waals surface area contributed by atoms with E-state index < -0.39 is 0 Å². The van der Waals surface area contributed by atoms with Crippen LogP contribution in [0.25, 0.3) is 0 Å². The zero-order chi connectivity index (χ0) is 12.5. The average Bonchev–Trinajstić information content (AvgIpc) is 3.11. The van der Waals surface area contributed by atoms with E-state index in [0.717, 1.165) is 24.8 Å². The van der Waals surface area contributed by atoms with Gasteiger partial charge in [0.2, 0.25) is 0 Å². The van der Waals surface area contributed by atoms with Gasteiger partial charge in [0.05, 0.1) is 5.41 Å². The lowest BCUT2D eigenvalue weighted by atomic mass is 9.90. The highest BCUT2D eigenvalue weighted by Crippen LogP contribution is 2.50. The Morgan fingerprint density at radius 1 is 1.29 bits per heavy atom. The van der Waals surface area contributed by atoms with E-state index in [-0.39, 0.29) is 17.0 Å². The van der Waals surface area contributed by atoms with Crippen molar-refractivity contribution < 1.29 is 9.53 Å². The van der Waals surface area contributed by atoms with Crippen LogP contribution in [0.5, 0.6) is 0 Å². The molecule has 2 nitrogen and oxygen atoms in total. The number of esters is 1. The van der Waals surface area contributed by atoms with Gasteiger partial charge in [-0.2, -0.15) is 0 Å². The van der Waals surface area contributed by atoms with Crippen molar-refractivity contribution in [1.82, 2.24) is 0 Å². The van der Waals surface area contributed by atoms with Crippen LogP contribution in [0.4, 0.5) is 0 Å². The molecule has 0 saturated heterocycles. The van der Waals surface area contributed by atoms with Crippen LogP contribution in [0.2, 0.25) is 0 Å². The highest BCUT2D eigenvalue weighted by molar-refractivity contribution is 5.76. The fraction of sp³-hybridized carbons (Fsp3) is 0.533. The molecule has 0 spiro atoms. The molecule has 17 heavy (non-hydrogen) atoms. The Bertz CT molecular complexity index is 402. The minimum atomic E-state index is -0.385. The molecular formula is C15H20O2. The first kappa shape index (κ1) is 12.2. The summed E-state index contributed by atoms with van der Waals surface area (Å²) in [7, 11) is 0. The number of ether oxygens (including phenoxy) is 1. The topological polar surface area (TPSA) is 26.3 Å². The van der Waals surface area contributed by atoms with E-state index in [1.165, 1.54) is 0 Å². The van der Waals surface area contributed by atoms with Gasteiger partial charge in [0, 0.05) is 0 Å². The first-order valence-corrected chi connectivity index (χ1v) is 6.29. The van der Waals surface area contributed by atoms with Crippen LogP contribution in [0.1, 0.15) is 45.6 Å². The van der Waals surface area contributed by atoms with Crippen molar-refractivity contribution in [2.45, 2.75) is 45.6 Å². The lowest BCUT2D eigenvalue weighted by Crippen LogP contribution is -2.30. The van der Waals surface area contributed by atoms with Crippen LogP contribution < -0.4 is 0 Å². The summed E-state index contributed by atoms with van der Waals surface area (Å²) in [6.07, 6.45) is 2.70. The molecule has 1 aliphatic carbocycles. The Kier molecular flexibility index (Phi) is 2.98. The van der Waals surface area contributed by atoms with E-state index in [2.05, 4.69) is 0 Å². The third-order valence-corrected chi connectivity index (χ3v) is 3.73. The van der Waals surface area contributed by atoms with Crippen LogP contribution in [0, 0.1) is 5.41 Å². The van der Waals surface area contributed by atoms with Crippen LogP contribution in [0.3, 0.4) is 0 Å². The highest BCUT2D eigenvalue weighted by atomic mass is 16.6. The van der Waals surface area contributed by atoms with E-state index >= 15 is 0 Å². The molecule has 1 aromatic rings. The number of rotatable bonds is 4. The Morgan fingerprint density at radius 3 is 2.35 bits per heavy atom. The van der Waals surface area contributed by atoms with Crippen molar-refractivity contribution in [2.75, 3.05) is 0 Å². The zero-order valence-corrected chi connectivity index (χ0v) is 10.8. The van der Waals surface area contributed by atoms with Crippen molar-refractivity contribution in [2.24, 2.45) is 5.41 Å². The molecule has 2 heteroatoms. The average molecular weight is 232 g/mol. The van der Waals surface area contributed by atoms with E-state index in [1.807, 2.05) is 51.1 Å². The molecule has 1 aromatic carbocycles. The zero-order valence-electron chi connectivity index (χ0n) is 10.8. The van der Waals surface area contributed by atoms with Crippen molar-refractivity contribution >= 4 is 5.97 Å². The standard InChI is InChI=1S/C15H20O2/c1-4-14(2,3)13(16)17-15(10-11-15)12-8-6-5-7-9-12/h5-9H,4,10-11H2,1-3H3. The van der Waals surface area contributed by atoms with Gasteiger partial charge in [0.25, 0.3) is 0 Å².